The lowest BCUT2D eigenvalue weighted by molar-refractivity contribution is -0.162. The normalized spacial score (nSPS) is 11.2. The van der Waals surface area contributed by atoms with E-state index in [9.17, 15) is 29.4 Å². The van der Waals surface area contributed by atoms with Crippen molar-refractivity contribution in [3.05, 3.63) is 0 Å². The third kappa shape index (κ3) is 5.17. The van der Waals surface area contributed by atoms with Gasteiger partial charge in [0.2, 0.25) is 11.4 Å². The van der Waals surface area contributed by atoms with Crippen molar-refractivity contribution in [2.45, 2.75) is 57.9 Å². The molecule has 7 heteroatoms. The lowest BCUT2D eigenvalue weighted by atomic mass is 9.90. The molecule has 0 aliphatic rings. The number of hydrogen-bond donors (Lipinski definition) is 3. The molecule has 0 saturated carbocycles. The van der Waals surface area contributed by atoms with E-state index < -0.39 is 29.3 Å². The molecule has 0 aromatic rings. The van der Waals surface area contributed by atoms with Crippen LogP contribution in [0.3, 0.4) is 0 Å². The molecule has 21 heavy (non-hydrogen) atoms. The molecule has 0 aliphatic heterocycles. The monoisotopic (exact) mass is 301 g/mol. The smallest absolute Gasteiger partial charge is 0.341 e. The number of carboxylic acids is 2. The number of amides is 1. The SMILES string of the molecule is CCC(CC)C(=O)NC(CCCCC=O)(C(=O)O)C(=O)O. The summed E-state index contributed by atoms with van der Waals surface area (Å²) < 4.78 is 0. The molecule has 0 heterocycles. The van der Waals surface area contributed by atoms with E-state index in [1.807, 2.05) is 0 Å². The highest BCUT2D eigenvalue weighted by molar-refractivity contribution is 6.06. The summed E-state index contributed by atoms with van der Waals surface area (Å²) in [6.45, 7) is 3.56. The summed E-state index contributed by atoms with van der Waals surface area (Å²) >= 11 is 0. The van der Waals surface area contributed by atoms with Gasteiger partial charge in [-0.05, 0) is 32.1 Å². The van der Waals surface area contributed by atoms with E-state index in [0.29, 0.717) is 25.5 Å². The highest BCUT2D eigenvalue weighted by Crippen LogP contribution is 2.19. The number of carbonyl (C=O) groups is 4. The number of aldehydes is 1. The first kappa shape index (κ1) is 19.1. The van der Waals surface area contributed by atoms with Crippen LogP contribution in [0.4, 0.5) is 0 Å². The molecule has 0 radical (unpaired) electrons. The predicted octanol–water partition coefficient (Wildman–Crippen LogP) is 1.21. The molecular weight excluding hydrogens is 278 g/mol. The van der Waals surface area contributed by atoms with Crippen molar-refractivity contribution in [2.24, 2.45) is 5.92 Å². The van der Waals surface area contributed by atoms with E-state index in [2.05, 4.69) is 5.32 Å². The zero-order chi connectivity index (χ0) is 16.5. The van der Waals surface area contributed by atoms with E-state index in [1.54, 1.807) is 13.8 Å². The lowest BCUT2D eigenvalue weighted by Gasteiger charge is -2.28. The Morgan fingerprint density at radius 1 is 1.10 bits per heavy atom. The van der Waals surface area contributed by atoms with E-state index in [4.69, 9.17) is 0 Å². The zero-order valence-electron chi connectivity index (χ0n) is 12.4. The highest BCUT2D eigenvalue weighted by atomic mass is 16.4. The van der Waals surface area contributed by atoms with Crippen molar-refractivity contribution in [3.63, 3.8) is 0 Å². The number of rotatable bonds is 11. The molecule has 7 nitrogen and oxygen atoms in total. The molecule has 0 spiro atoms. The van der Waals surface area contributed by atoms with Gasteiger partial charge in [-0.3, -0.25) is 4.79 Å². The van der Waals surface area contributed by atoms with Crippen LogP contribution in [0.2, 0.25) is 0 Å². The van der Waals surface area contributed by atoms with Crippen LogP contribution in [-0.2, 0) is 19.2 Å². The van der Waals surface area contributed by atoms with Crippen molar-refractivity contribution < 1.29 is 29.4 Å². The molecule has 0 fully saturated rings. The highest BCUT2D eigenvalue weighted by Gasteiger charge is 2.48. The van der Waals surface area contributed by atoms with Crippen LogP contribution in [0.1, 0.15) is 52.4 Å². The van der Waals surface area contributed by atoms with Gasteiger partial charge in [0.15, 0.2) is 0 Å². The van der Waals surface area contributed by atoms with Crippen molar-refractivity contribution in [1.82, 2.24) is 5.32 Å². The molecule has 0 aromatic carbocycles. The molecule has 0 unspecified atom stereocenters. The van der Waals surface area contributed by atoms with Gasteiger partial charge in [-0.2, -0.15) is 0 Å². The fourth-order valence-electron chi connectivity index (χ4n) is 2.06. The maximum absolute atomic E-state index is 12.0. The van der Waals surface area contributed by atoms with Crippen LogP contribution in [0.5, 0.6) is 0 Å². The van der Waals surface area contributed by atoms with E-state index in [0.717, 1.165) is 0 Å². The van der Waals surface area contributed by atoms with Gasteiger partial charge < -0.3 is 20.3 Å². The van der Waals surface area contributed by atoms with Crippen LogP contribution in [0.25, 0.3) is 0 Å². The standard InChI is InChI=1S/C14H23NO6/c1-3-10(4-2)11(17)15-14(12(18)19,13(20)21)8-6-5-7-9-16/h9-10H,3-8H2,1-2H3,(H,15,17)(H,18,19)(H,20,21). The minimum Gasteiger partial charge on any atom is -0.479 e. The van der Waals surface area contributed by atoms with Crippen LogP contribution in [0, 0.1) is 5.92 Å². The maximum atomic E-state index is 12.0. The molecule has 1 amide bonds. The van der Waals surface area contributed by atoms with Crippen molar-refractivity contribution in [1.29, 1.82) is 0 Å². The largest absolute Gasteiger partial charge is 0.479 e. The molecule has 3 N–H and O–H groups in total. The summed E-state index contributed by atoms with van der Waals surface area (Å²) in [4.78, 5) is 45.1. The summed E-state index contributed by atoms with van der Waals surface area (Å²) in [5, 5.41) is 20.7. The fraction of sp³-hybridized carbons (Fsp3) is 0.714. The first-order valence-electron chi connectivity index (χ1n) is 7.08. The van der Waals surface area contributed by atoms with Gasteiger partial charge in [-0.1, -0.05) is 13.8 Å². The van der Waals surface area contributed by atoms with Gasteiger partial charge in [0, 0.05) is 12.3 Å². The van der Waals surface area contributed by atoms with Crippen molar-refractivity contribution >= 4 is 24.1 Å². The summed E-state index contributed by atoms with van der Waals surface area (Å²) in [6.07, 6.45) is 2.28. The topological polar surface area (TPSA) is 121 Å². The quantitative estimate of drug-likeness (QED) is 0.299. The molecule has 0 bridgehead atoms. The summed E-state index contributed by atoms with van der Waals surface area (Å²) in [5.74, 6) is -4.18. The number of carbonyl (C=O) groups excluding carboxylic acids is 2. The van der Waals surface area contributed by atoms with Gasteiger partial charge in [0.1, 0.15) is 6.29 Å². The van der Waals surface area contributed by atoms with Gasteiger partial charge in [-0.25, -0.2) is 9.59 Å². The molecule has 0 rings (SSSR count). The third-order valence-electron chi connectivity index (χ3n) is 3.55. The Morgan fingerprint density at radius 2 is 1.62 bits per heavy atom. The Bertz CT molecular complexity index is 375. The molecule has 0 aromatic heterocycles. The zero-order valence-corrected chi connectivity index (χ0v) is 12.4. The number of nitrogens with one attached hydrogen (secondary N) is 1. The minimum atomic E-state index is -2.33. The van der Waals surface area contributed by atoms with Crippen molar-refractivity contribution in [2.75, 3.05) is 0 Å². The minimum absolute atomic E-state index is 0.223. The Kier molecular flexibility index (Phi) is 8.26. The Labute approximate surface area is 123 Å². The second-order valence-electron chi connectivity index (χ2n) is 4.93. The van der Waals surface area contributed by atoms with E-state index in [1.165, 1.54) is 0 Å². The number of hydrogen-bond acceptors (Lipinski definition) is 4. The summed E-state index contributed by atoms with van der Waals surface area (Å²) in [5.41, 5.74) is -2.33. The third-order valence-corrected chi connectivity index (χ3v) is 3.55. The van der Waals surface area contributed by atoms with Crippen LogP contribution in [0.15, 0.2) is 0 Å². The first-order valence-corrected chi connectivity index (χ1v) is 7.08. The first-order chi connectivity index (χ1) is 9.85. The van der Waals surface area contributed by atoms with Gasteiger partial charge in [-0.15, -0.1) is 0 Å². The summed E-state index contributed by atoms with van der Waals surface area (Å²) in [6, 6.07) is 0. The van der Waals surface area contributed by atoms with Gasteiger partial charge in [0.25, 0.3) is 0 Å². The molecular formula is C14H23NO6. The molecule has 0 aliphatic carbocycles. The van der Waals surface area contributed by atoms with Gasteiger partial charge in [0.05, 0.1) is 0 Å². The lowest BCUT2D eigenvalue weighted by Crippen LogP contribution is -2.61. The molecule has 0 atom stereocenters. The number of carboxylic acid groups (broad SMARTS) is 2. The average molecular weight is 301 g/mol. The van der Waals surface area contributed by atoms with E-state index >= 15 is 0 Å². The van der Waals surface area contributed by atoms with E-state index in [-0.39, 0.29) is 19.3 Å². The predicted molar refractivity (Wildman–Crippen MR) is 74.7 cm³/mol. The Balaban J connectivity index is 5.11. The number of unbranched alkanes of at least 4 members (excludes halogenated alkanes) is 2. The van der Waals surface area contributed by atoms with Crippen LogP contribution >= 0.6 is 0 Å². The maximum Gasteiger partial charge on any atom is 0.341 e. The molecule has 0 saturated heterocycles. The van der Waals surface area contributed by atoms with Crippen molar-refractivity contribution in [3.8, 4) is 0 Å². The van der Waals surface area contributed by atoms with Gasteiger partial charge >= 0.3 is 11.9 Å². The van der Waals surface area contributed by atoms with Crippen LogP contribution < -0.4 is 5.32 Å². The number of aliphatic carboxylic acids is 2. The fourth-order valence-corrected chi connectivity index (χ4v) is 2.06. The Morgan fingerprint density at radius 3 is 2.00 bits per heavy atom. The molecule has 120 valence electrons. The van der Waals surface area contributed by atoms with Crippen LogP contribution in [-0.4, -0.2) is 39.9 Å². The second-order valence-corrected chi connectivity index (χ2v) is 4.93. The summed E-state index contributed by atoms with van der Waals surface area (Å²) in [7, 11) is 0. The second kappa shape index (κ2) is 9.10. The Hall–Kier alpha value is -1.92. The average Bonchev–Trinajstić information content (AvgIpc) is 2.42.